The molecule has 3 rings (SSSR count). The summed E-state index contributed by atoms with van der Waals surface area (Å²) in [5.74, 6) is 0.134. The van der Waals surface area contributed by atoms with Crippen LogP contribution in [0.1, 0.15) is 43.0 Å². The van der Waals surface area contributed by atoms with Crippen molar-refractivity contribution in [3.05, 3.63) is 47.8 Å². The van der Waals surface area contributed by atoms with Gasteiger partial charge in [0.15, 0.2) is 0 Å². The fraction of sp³-hybridized carbons (Fsp3) is 0.438. The molecule has 2 unspecified atom stereocenters. The maximum atomic E-state index is 12.2. The fourth-order valence-electron chi connectivity index (χ4n) is 2.84. The first-order valence-corrected chi connectivity index (χ1v) is 7.53. The highest BCUT2D eigenvalue weighted by molar-refractivity contribution is 5.84. The van der Waals surface area contributed by atoms with Crippen LogP contribution in [0, 0.1) is 0 Å². The van der Waals surface area contributed by atoms with Crippen molar-refractivity contribution in [2.24, 2.45) is 0 Å². The zero-order valence-corrected chi connectivity index (χ0v) is 12.2. The van der Waals surface area contributed by atoms with Crippen LogP contribution in [0.5, 0.6) is 0 Å². The minimum atomic E-state index is -0.296. The summed E-state index contributed by atoms with van der Waals surface area (Å²) in [4.78, 5) is 12.2. The van der Waals surface area contributed by atoms with Gasteiger partial charge in [0.25, 0.3) is 0 Å². The van der Waals surface area contributed by atoms with Crippen molar-refractivity contribution in [1.82, 2.24) is 20.3 Å². The van der Waals surface area contributed by atoms with E-state index in [1.54, 1.807) is 4.68 Å². The maximum absolute atomic E-state index is 12.2. The van der Waals surface area contributed by atoms with Gasteiger partial charge in [-0.05, 0) is 18.4 Å². The van der Waals surface area contributed by atoms with Crippen LogP contribution >= 0.6 is 0 Å². The molecule has 1 saturated heterocycles. The van der Waals surface area contributed by atoms with E-state index in [9.17, 15) is 4.79 Å². The van der Waals surface area contributed by atoms with Crippen molar-refractivity contribution >= 4 is 5.91 Å². The van der Waals surface area contributed by atoms with E-state index in [1.807, 2.05) is 24.4 Å². The molecule has 0 spiro atoms. The first-order valence-electron chi connectivity index (χ1n) is 7.53. The zero-order valence-electron chi connectivity index (χ0n) is 12.2. The molecule has 1 N–H and O–H groups in total. The molecule has 1 aromatic heterocycles. The monoisotopic (exact) mass is 284 g/mol. The summed E-state index contributed by atoms with van der Waals surface area (Å²) in [7, 11) is 0. The summed E-state index contributed by atoms with van der Waals surface area (Å²) >= 11 is 0. The van der Waals surface area contributed by atoms with Crippen LogP contribution in [0.15, 0.2) is 36.5 Å². The molecule has 5 nitrogen and oxygen atoms in total. The predicted molar refractivity (Wildman–Crippen MR) is 79.9 cm³/mol. The number of nitrogens with zero attached hydrogens (tertiary/aromatic N) is 3. The number of hydrogen-bond donors (Lipinski definition) is 1. The average molecular weight is 284 g/mol. The number of nitrogens with one attached hydrogen (secondary N) is 1. The summed E-state index contributed by atoms with van der Waals surface area (Å²) in [6.45, 7) is 2.80. The van der Waals surface area contributed by atoms with Gasteiger partial charge < -0.3 is 5.32 Å². The normalized spacial score (nSPS) is 21.5. The summed E-state index contributed by atoms with van der Waals surface area (Å²) < 4.78 is 1.73. The molecule has 0 saturated carbocycles. The SMILES string of the molecule is CCCCc1cn(C2C(=O)NCC2c2ccccc2)nn1. The number of aromatic nitrogens is 3. The van der Waals surface area contributed by atoms with Gasteiger partial charge in [0.2, 0.25) is 5.91 Å². The summed E-state index contributed by atoms with van der Waals surface area (Å²) in [6.07, 6.45) is 5.06. The molecule has 2 atom stereocenters. The lowest BCUT2D eigenvalue weighted by Crippen LogP contribution is -2.23. The van der Waals surface area contributed by atoms with Crippen molar-refractivity contribution < 1.29 is 4.79 Å². The first-order chi connectivity index (χ1) is 10.3. The smallest absolute Gasteiger partial charge is 0.245 e. The lowest BCUT2D eigenvalue weighted by molar-refractivity contribution is -0.122. The van der Waals surface area contributed by atoms with Crippen LogP contribution in [0.4, 0.5) is 0 Å². The highest BCUT2D eigenvalue weighted by Crippen LogP contribution is 2.32. The maximum Gasteiger partial charge on any atom is 0.245 e. The lowest BCUT2D eigenvalue weighted by atomic mass is 9.94. The Morgan fingerprint density at radius 2 is 2.14 bits per heavy atom. The minimum Gasteiger partial charge on any atom is -0.354 e. The van der Waals surface area contributed by atoms with Crippen LogP contribution in [0.25, 0.3) is 0 Å². The largest absolute Gasteiger partial charge is 0.354 e. The Bertz CT molecular complexity index is 608. The molecule has 0 bridgehead atoms. The quantitative estimate of drug-likeness (QED) is 0.914. The van der Waals surface area contributed by atoms with Gasteiger partial charge in [-0.15, -0.1) is 5.10 Å². The zero-order chi connectivity index (χ0) is 14.7. The molecule has 1 aliphatic rings. The van der Waals surface area contributed by atoms with Crippen LogP contribution in [-0.2, 0) is 11.2 Å². The second-order valence-corrected chi connectivity index (χ2v) is 5.50. The molecule has 21 heavy (non-hydrogen) atoms. The number of carbonyl (C=O) groups is 1. The molecule has 2 aromatic rings. The first kappa shape index (κ1) is 13.8. The average Bonchev–Trinajstić information content (AvgIpc) is 3.12. The number of unbranched alkanes of at least 4 members (excludes halogenated alkanes) is 1. The van der Waals surface area contributed by atoms with Gasteiger partial charge in [-0.3, -0.25) is 4.79 Å². The number of hydrogen-bond acceptors (Lipinski definition) is 3. The molecule has 1 aliphatic heterocycles. The van der Waals surface area contributed by atoms with Gasteiger partial charge in [0, 0.05) is 18.7 Å². The van der Waals surface area contributed by atoms with Crippen molar-refractivity contribution in [3.63, 3.8) is 0 Å². The van der Waals surface area contributed by atoms with Gasteiger partial charge in [-0.2, -0.15) is 0 Å². The summed E-state index contributed by atoms with van der Waals surface area (Å²) in [5, 5.41) is 11.3. The van der Waals surface area contributed by atoms with E-state index in [4.69, 9.17) is 0 Å². The van der Waals surface area contributed by atoms with E-state index < -0.39 is 0 Å². The molecule has 110 valence electrons. The third-order valence-corrected chi connectivity index (χ3v) is 4.00. The summed E-state index contributed by atoms with van der Waals surface area (Å²) in [5.41, 5.74) is 2.12. The van der Waals surface area contributed by atoms with E-state index in [-0.39, 0.29) is 17.9 Å². The second-order valence-electron chi connectivity index (χ2n) is 5.50. The van der Waals surface area contributed by atoms with Crippen molar-refractivity contribution in [2.45, 2.75) is 38.1 Å². The Morgan fingerprint density at radius 1 is 1.33 bits per heavy atom. The van der Waals surface area contributed by atoms with Crippen LogP contribution in [0.2, 0.25) is 0 Å². The Hall–Kier alpha value is -2.17. The molecule has 0 aliphatic carbocycles. The molecular weight excluding hydrogens is 264 g/mol. The lowest BCUT2D eigenvalue weighted by Gasteiger charge is -2.16. The molecule has 1 fully saturated rings. The fourth-order valence-corrected chi connectivity index (χ4v) is 2.84. The Kier molecular flexibility index (Phi) is 3.99. The molecule has 5 heteroatoms. The molecule has 1 amide bonds. The van der Waals surface area contributed by atoms with Gasteiger partial charge in [0.1, 0.15) is 6.04 Å². The van der Waals surface area contributed by atoms with Crippen molar-refractivity contribution in [1.29, 1.82) is 0 Å². The Labute approximate surface area is 124 Å². The highest BCUT2D eigenvalue weighted by Gasteiger charge is 2.37. The van der Waals surface area contributed by atoms with Gasteiger partial charge in [-0.25, -0.2) is 4.68 Å². The van der Waals surface area contributed by atoms with E-state index in [1.165, 1.54) is 0 Å². The Morgan fingerprint density at radius 3 is 2.90 bits per heavy atom. The predicted octanol–water partition coefficient (Wildman–Crippen LogP) is 2.08. The number of benzene rings is 1. The van der Waals surface area contributed by atoms with E-state index in [0.717, 1.165) is 30.5 Å². The molecule has 0 radical (unpaired) electrons. The van der Waals surface area contributed by atoms with E-state index in [0.29, 0.717) is 6.54 Å². The van der Waals surface area contributed by atoms with Gasteiger partial charge >= 0.3 is 0 Å². The van der Waals surface area contributed by atoms with Crippen LogP contribution in [-0.4, -0.2) is 27.4 Å². The number of amides is 1. The molecule has 1 aromatic carbocycles. The van der Waals surface area contributed by atoms with Gasteiger partial charge in [0.05, 0.1) is 5.69 Å². The van der Waals surface area contributed by atoms with Crippen molar-refractivity contribution in [3.8, 4) is 0 Å². The van der Waals surface area contributed by atoms with Crippen LogP contribution < -0.4 is 5.32 Å². The molecule has 2 heterocycles. The minimum absolute atomic E-state index is 0.0239. The topological polar surface area (TPSA) is 59.8 Å². The van der Waals surface area contributed by atoms with Crippen molar-refractivity contribution in [2.75, 3.05) is 6.54 Å². The van der Waals surface area contributed by atoms with Gasteiger partial charge in [-0.1, -0.05) is 48.9 Å². The summed E-state index contributed by atoms with van der Waals surface area (Å²) in [6, 6.07) is 9.82. The number of carbonyl (C=O) groups excluding carboxylic acids is 1. The van der Waals surface area contributed by atoms with E-state index >= 15 is 0 Å². The third kappa shape index (κ3) is 2.82. The third-order valence-electron chi connectivity index (χ3n) is 4.00. The van der Waals surface area contributed by atoms with Crippen LogP contribution in [0.3, 0.4) is 0 Å². The highest BCUT2D eigenvalue weighted by atomic mass is 16.2. The molecular formula is C16H20N4O. The standard InChI is InChI=1S/C16H20N4O/c1-2-3-9-13-11-20(19-18-13)15-14(10-17-16(15)21)12-7-5-4-6-8-12/h4-8,11,14-15H,2-3,9-10H2,1H3,(H,17,21). The second kappa shape index (κ2) is 6.08. The van der Waals surface area contributed by atoms with E-state index in [2.05, 4.69) is 34.7 Å². The number of rotatable bonds is 5. The Balaban J connectivity index is 1.84. The number of aryl methyl sites for hydroxylation is 1.